The van der Waals surface area contributed by atoms with Crippen molar-refractivity contribution in [1.29, 1.82) is 0 Å². The number of ether oxygens (including phenoxy) is 1. The largest absolute Gasteiger partial charge is 0.438 e. The van der Waals surface area contributed by atoms with Crippen LogP contribution in [0.15, 0.2) is 47.0 Å². The molecular formula is C21H26N4O2. The molecule has 142 valence electrons. The Morgan fingerprint density at radius 2 is 1.89 bits per heavy atom. The maximum Gasteiger partial charge on any atom is 0.217 e. The van der Waals surface area contributed by atoms with E-state index in [9.17, 15) is 0 Å². The molecule has 0 saturated carbocycles. The van der Waals surface area contributed by atoms with Gasteiger partial charge < -0.3 is 14.5 Å². The van der Waals surface area contributed by atoms with Crippen LogP contribution in [-0.2, 0) is 16.8 Å². The summed E-state index contributed by atoms with van der Waals surface area (Å²) in [5.74, 6) is 2.86. The zero-order valence-electron chi connectivity index (χ0n) is 16.5. The molecule has 1 unspecified atom stereocenters. The third-order valence-electron chi connectivity index (χ3n) is 4.06. The monoisotopic (exact) mass is 366 g/mol. The summed E-state index contributed by atoms with van der Waals surface area (Å²) in [6.45, 7) is 8.70. The van der Waals surface area contributed by atoms with Crippen molar-refractivity contribution in [1.82, 2.24) is 15.0 Å². The number of nitrogens with zero attached hydrogens (tertiary/aromatic N) is 3. The molecule has 3 aromatic rings. The second-order valence-corrected chi connectivity index (χ2v) is 7.55. The van der Waals surface area contributed by atoms with E-state index in [4.69, 9.17) is 9.15 Å². The number of nitrogens with one attached hydrogen (secondary N) is 1. The van der Waals surface area contributed by atoms with Gasteiger partial charge in [0.2, 0.25) is 5.89 Å². The highest BCUT2D eigenvalue weighted by atomic mass is 16.5. The number of oxazole rings is 1. The molecule has 0 aliphatic heterocycles. The summed E-state index contributed by atoms with van der Waals surface area (Å²) in [5.41, 5.74) is 1.68. The van der Waals surface area contributed by atoms with Gasteiger partial charge in [0.05, 0.1) is 18.5 Å². The number of rotatable bonds is 6. The highest BCUT2D eigenvalue weighted by molar-refractivity contribution is 5.55. The molecule has 27 heavy (non-hydrogen) atoms. The summed E-state index contributed by atoms with van der Waals surface area (Å²) in [7, 11) is 1.66. The van der Waals surface area contributed by atoms with Crippen LogP contribution >= 0.6 is 0 Å². The van der Waals surface area contributed by atoms with Crippen molar-refractivity contribution in [2.75, 3.05) is 12.4 Å². The van der Waals surface area contributed by atoms with E-state index in [0.29, 0.717) is 12.5 Å². The summed E-state index contributed by atoms with van der Waals surface area (Å²) < 4.78 is 11.2. The van der Waals surface area contributed by atoms with Gasteiger partial charge >= 0.3 is 0 Å². The molecule has 1 atom stereocenters. The molecule has 3 rings (SSSR count). The molecule has 1 N–H and O–H groups in total. The Balaban J connectivity index is 1.82. The topological polar surface area (TPSA) is 73.1 Å². The SMILES string of the molecule is COCc1cc(NC(C)c2ncc(-c3ccccc3)o2)nc(C(C)(C)C)n1. The van der Waals surface area contributed by atoms with Crippen molar-refractivity contribution < 1.29 is 9.15 Å². The number of benzene rings is 1. The van der Waals surface area contributed by atoms with E-state index in [-0.39, 0.29) is 11.5 Å². The highest BCUT2D eigenvalue weighted by Gasteiger charge is 2.20. The first-order valence-electron chi connectivity index (χ1n) is 9.02. The lowest BCUT2D eigenvalue weighted by atomic mass is 9.95. The molecule has 0 spiro atoms. The fraction of sp³-hybridized carbons (Fsp3) is 0.381. The Kier molecular flexibility index (Phi) is 5.56. The first-order chi connectivity index (χ1) is 12.9. The summed E-state index contributed by atoms with van der Waals surface area (Å²) in [4.78, 5) is 13.7. The predicted octanol–water partition coefficient (Wildman–Crippen LogP) is 4.75. The number of methoxy groups -OCH3 is 1. The third kappa shape index (κ3) is 4.71. The first kappa shape index (κ1) is 19.0. The minimum absolute atomic E-state index is 0.138. The van der Waals surface area contributed by atoms with Crippen LogP contribution in [0.2, 0.25) is 0 Å². The molecule has 0 radical (unpaired) electrons. The molecule has 0 aliphatic carbocycles. The van der Waals surface area contributed by atoms with Gasteiger partial charge in [-0.05, 0) is 6.92 Å². The van der Waals surface area contributed by atoms with E-state index in [1.807, 2.05) is 43.3 Å². The molecule has 0 amide bonds. The molecule has 6 nitrogen and oxygen atoms in total. The Hall–Kier alpha value is -2.73. The van der Waals surface area contributed by atoms with Crippen LogP contribution in [-0.4, -0.2) is 22.1 Å². The Bertz CT molecular complexity index is 885. The fourth-order valence-corrected chi connectivity index (χ4v) is 2.64. The normalized spacial score (nSPS) is 12.8. The average molecular weight is 366 g/mol. The number of aromatic nitrogens is 3. The highest BCUT2D eigenvalue weighted by Crippen LogP contribution is 2.26. The number of hydrogen-bond donors (Lipinski definition) is 1. The molecule has 0 saturated heterocycles. The Labute approximate surface area is 160 Å². The molecule has 2 heterocycles. The zero-order valence-corrected chi connectivity index (χ0v) is 16.5. The maximum absolute atomic E-state index is 5.94. The lowest BCUT2D eigenvalue weighted by molar-refractivity contribution is 0.181. The van der Waals surface area contributed by atoms with Gasteiger partial charge in [-0.15, -0.1) is 0 Å². The van der Waals surface area contributed by atoms with E-state index in [2.05, 4.69) is 41.0 Å². The molecule has 6 heteroatoms. The van der Waals surface area contributed by atoms with Gasteiger partial charge in [0.1, 0.15) is 17.7 Å². The van der Waals surface area contributed by atoms with Crippen molar-refractivity contribution in [3.05, 3.63) is 60.0 Å². The van der Waals surface area contributed by atoms with E-state index in [1.165, 1.54) is 0 Å². The van der Waals surface area contributed by atoms with E-state index in [1.54, 1.807) is 13.3 Å². The van der Waals surface area contributed by atoms with Gasteiger partial charge in [-0.2, -0.15) is 0 Å². The fourth-order valence-electron chi connectivity index (χ4n) is 2.64. The van der Waals surface area contributed by atoms with Gasteiger partial charge in [0, 0.05) is 24.2 Å². The third-order valence-corrected chi connectivity index (χ3v) is 4.06. The number of hydrogen-bond acceptors (Lipinski definition) is 6. The molecule has 2 aromatic heterocycles. The molecule has 0 aliphatic rings. The van der Waals surface area contributed by atoms with Crippen molar-refractivity contribution >= 4 is 5.82 Å². The Morgan fingerprint density at radius 3 is 2.56 bits per heavy atom. The smallest absolute Gasteiger partial charge is 0.217 e. The van der Waals surface area contributed by atoms with Gasteiger partial charge in [-0.25, -0.2) is 15.0 Å². The minimum atomic E-state index is -0.160. The second kappa shape index (κ2) is 7.88. The van der Waals surface area contributed by atoms with Crippen molar-refractivity contribution in [3.63, 3.8) is 0 Å². The quantitative estimate of drug-likeness (QED) is 0.679. The van der Waals surface area contributed by atoms with E-state index < -0.39 is 0 Å². The number of anilines is 1. The van der Waals surface area contributed by atoms with Crippen LogP contribution < -0.4 is 5.32 Å². The van der Waals surface area contributed by atoms with Gasteiger partial charge in [-0.1, -0.05) is 51.1 Å². The van der Waals surface area contributed by atoms with Gasteiger partial charge in [0.25, 0.3) is 0 Å². The van der Waals surface area contributed by atoms with Crippen LogP contribution in [0.1, 0.15) is 51.1 Å². The van der Waals surface area contributed by atoms with Crippen LogP contribution in [0.5, 0.6) is 0 Å². The maximum atomic E-state index is 5.94. The lowest BCUT2D eigenvalue weighted by Gasteiger charge is -2.20. The molecule has 0 fully saturated rings. The predicted molar refractivity (Wildman–Crippen MR) is 105 cm³/mol. The second-order valence-electron chi connectivity index (χ2n) is 7.55. The average Bonchev–Trinajstić information content (AvgIpc) is 3.12. The van der Waals surface area contributed by atoms with E-state index >= 15 is 0 Å². The van der Waals surface area contributed by atoms with Gasteiger partial charge in [0.15, 0.2) is 5.76 Å². The molecule has 1 aromatic carbocycles. The molecular weight excluding hydrogens is 340 g/mol. The lowest BCUT2D eigenvalue weighted by Crippen LogP contribution is -2.19. The van der Waals surface area contributed by atoms with Crippen LogP contribution in [0.3, 0.4) is 0 Å². The Morgan fingerprint density at radius 1 is 1.15 bits per heavy atom. The van der Waals surface area contributed by atoms with E-state index in [0.717, 1.165) is 28.7 Å². The van der Waals surface area contributed by atoms with Crippen molar-refractivity contribution in [2.24, 2.45) is 0 Å². The summed E-state index contributed by atoms with van der Waals surface area (Å²) in [6, 6.07) is 11.7. The van der Waals surface area contributed by atoms with Crippen molar-refractivity contribution in [3.8, 4) is 11.3 Å². The van der Waals surface area contributed by atoms with Crippen LogP contribution in [0, 0.1) is 0 Å². The summed E-state index contributed by atoms with van der Waals surface area (Å²) in [6.07, 6.45) is 1.75. The van der Waals surface area contributed by atoms with Crippen LogP contribution in [0.25, 0.3) is 11.3 Å². The van der Waals surface area contributed by atoms with Crippen molar-refractivity contribution in [2.45, 2.75) is 45.8 Å². The standard InChI is InChI=1S/C21H26N4O2/c1-14(19-22-12-17(27-19)15-9-7-6-8-10-15)23-18-11-16(13-26-5)24-20(25-18)21(2,3)4/h6-12,14H,13H2,1-5H3,(H,23,24,25). The summed E-state index contributed by atoms with van der Waals surface area (Å²) in [5, 5.41) is 3.37. The van der Waals surface area contributed by atoms with Crippen LogP contribution in [0.4, 0.5) is 5.82 Å². The first-order valence-corrected chi connectivity index (χ1v) is 9.02. The summed E-state index contributed by atoms with van der Waals surface area (Å²) >= 11 is 0. The molecule has 0 bridgehead atoms. The zero-order chi connectivity index (χ0) is 19.4. The minimum Gasteiger partial charge on any atom is -0.438 e. The van der Waals surface area contributed by atoms with Gasteiger partial charge in [-0.3, -0.25) is 0 Å².